The first-order valence-corrected chi connectivity index (χ1v) is 10.4. The van der Waals surface area contributed by atoms with Gasteiger partial charge in [-0.3, -0.25) is 9.59 Å². The Kier molecular flexibility index (Phi) is 4.79. The third-order valence-corrected chi connectivity index (χ3v) is 6.25. The number of nitrogens with zero attached hydrogens (tertiary/aromatic N) is 4. The topological polar surface area (TPSA) is 88.8 Å². The van der Waals surface area contributed by atoms with Crippen molar-refractivity contribution in [2.24, 2.45) is 5.41 Å². The Labute approximate surface area is 182 Å². The average Bonchev–Trinajstić information content (AvgIpc) is 3.31. The summed E-state index contributed by atoms with van der Waals surface area (Å²) in [6.07, 6.45) is 7.22. The maximum absolute atomic E-state index is 14.4. The van der Waals surface area contributed by atoms with Gasteiger partial charge in [-0.2, -0.15) is 5.10 Å². The first kappa shape index (κ1) is 20.3. The molecular weight excluding hydrogens is 420 g/mol. The number of carbonyl (C=O) groups excluding carboxylic acids is 2. The molecule has 0 spiro atoms. The van der Waals surface area contributed by atoms with E-state index in [1.54, 1.807) is 12.4 Å². The highest BCUT2D eigenvalue weighted by molar-refractivity contribution is 6.12. The predicted molar refractivity (Wildman–Crippen MR) is 111 cm³/mol. The molecule has 1 atom stereocenters. The number of halogens is 2. The zero-order chi connectivity index (χ0) is 22.5. The minimum atomic E-state index is -1.14. The van der Waals surface area contributed by atoms with Gasteiger partial charge in [-0.1, -0.05) is 0 Å². The van der Waals surface area contributed by atoms with Crippen LogP contribution in [0.15, 0.2) is 36.8 Å². The van der Waals surface area contributed by atoms with E-state index in [4.69, 9.17) is 4.74 Å². The Morgan fingerprint density at radius 1 is 1.25 bits per heavy atom. The summed E-state index contributed by atoms with van der Waals surface area (Å²) >= 11 is 0. The van der Waals surface area contributed by atoms with Gasteiger partial charge < -0.3 is 15.0 Å². The number of fused-ring (bicyclic) bond motifs is 1. The minimum Gasteiger partial charge on any atom is -0.468 e. The first-order chi connectivity index (χ1) is 15.4. The number of hydrogen-bond donors (Lipinski definition) is 1. The van der Waals surface area contributed by atoms with Crippen LogP contribution in [0.3, 0.4) is 0 Å². The fraction of sp³-hybridized carbons (Fsp3) is 0.364. The monoisotopic (exact) mass is 441 g/mol. The van der Waals surface area contributed by atoms with Crippen LogP contribution in [-0.2, 0) is 14.3 Å². The average molecular weight is 441 g/mol. The van der Waals surface area contributed by atoms with Crippen molar-refractivity contribution in [1.29, 1.82) is 0 Å². The molecule has 1 N–H and O–H groups in total. The molecule has 5 rings (SSSR count). The zero-order valence-electron chi connectivity index (χ0n) is 17.3. The van der Waals surface area contributed by atoms with Crippen molar-refractivity contribution in [3.05, 3.63) is 54.0 Å². The van der Waals surface area contributed by atoms with Crippen molar-refractivity contribution in [2.45, 2.75) is 31.7 Å². The molecule has 2 fully saturated rings. The lowest BCUT2D eigenvalue weighted by atomic mass is 10.0. The highest BCUT2D eigenvalue weighted by Crippen LogP contribution is 2.47. The van der Waals surface area contributed by atoms with E-state index in [1.165, 1.54) is 23.9 Å². The smallest absolute Gasteiger partial charge is 0.321 e. The SMILES string of the molecule is COC(=O)C1(C(=O)Nc2cnn3cc(N4CCC[C@@H]4c4cc(F)ccc4F)cnc23)CC1. The molecule has 8 nitrogen and oxygen atoms in total. The van der Waals surface area contributed by atoms with E-state index >= 15 is 0 Å². The second kappa shape index (κ2) is 7.54. The molecule has 1 saturated heterocycles. The van der Waals surface area contributed by atoms with E-state index in [2.05, 4.69) is 15.4 Å². The second-order valence-electron chi connectivity index (χ2n) is 8.18. The van der Waals surface area contributed by atoms with Crippen molar-refractivity contribution in [3.63, 3.8) is 0 Å². The third kappa shape index (κ3) is 3.26. The summed E-state index contributed by atoms with van der Waals surface area (Å²) < 4.78 is 34.4. The van der Waals surface area contributed by atoms with Gasteiger partial charge in [0, 0.05) is 12.1 Å². The maximum atomic E-state index is 14.4. The summed E-state index contributed by atoms with van der Waals surface area (Å²) in [5.41, 5.74) is 0.675. The molecule has 1 aliphatic carbocycles. The molecule has 10 heteroatoms. The van der Waals surface area contributed by atoms with E-state index in [-0.39, 0.29) is 6.04 Å². The lowest BCUT2D eigenvalue weighted by molar-refractivity contribution is -0.150. The molecule has 0 unspecified atom stereocenters. The van der Waals surface area contributed by atoms with Crippen LogP contribution >= 0.6 is 0 Å². The van der Waals surface area contributed by atoms with Crippen molar-refractivity contribution >= 4 is 28.9 Å². The lowest BCUT2D eigenvalue weighted by Crippen LogP contribution is -2.32. The zero-order valence-corrected chi connectivity index (χ0v) is 17.3. The van der Waals surface area contributed by atoms with E-state index < -0.39 is 28.9 Å². The third-order valence-electron chi connectivity index (χ3n) is 6.25. The van der Waals surface area contributed by atoms with Crippen LogP contribution in [-0.4, -0.2) is 40.1 Å². The molecule has 1 aliphatic heterocycles. The number of methoxy groups -OCH3 is 1. The molecule has 1 amide bonds. The van der Waals surface area contributed by atoms with Gasteiger partial charge in [0.15, 0.2) is 5.65 Å². The second-order valence-corrected chi connectivity index (χ2v) is 8.18. The number of rotatable bonds is 5. The van der Waals surface area contributed by atoms with Crippen LogP contribution in [0.5, 0.6) is 0 Å². The molecule has 1 saturated carbocycles. The Hall–Kier alpha value is -3.56. The fourth-order valence-electron chi connectivity index (χ4n) is 4.36. The number of nitrogens with one attached hydrogen (secondary N) is 1. The van der Waals surface area contributed by atoms with Crippen molar-refractivity contribution in [3.8, 4) is 0 Å². The summed E-state index contributed by atoms with van der Waals surface area (Å²) in [4.78, 5) is 31.0. The van der Waals surface area contributed by atoms with Crippen LogP contribution in [0.25, 0.3) is 5.65 Å². The molecule has 3 aromatic rings. The van der Waals surface area contributed by atoms with Gasteiger partial charge in [-0.25, -0.2) is 18.3 Å². The number of benzene rings is 1. The van der Waals surface area contributed by atoms with Crippen LogP contribution in [0.4, 0.5) is 20.2 Å². The number of amides is 1. The number of carbonyl (C=O) groups is 2. The van der Waals surface area contributed by atoms with Crippen molar-refractivity contribution in [1.82, 2.24) is 14.6 Å². The van der Waals surface area contributed by atoms with Crippen molar-refractivity contribution in [2.75, 3.05) is 23.9 Å². The normalized spacial score (nSPS) is 19.2. The lowest BCUT2D eigenvalue weighted by Gasteiger charge is -2.27. The summed E-state index contributed by atoms with van der Waals surface area (Å²) in [7, 11) is 1.26. The quantitative estimate of drug-likeness (QED) is 0.483. The molecule has 0 bridgehead atoms. The Morgan fingerprint density at radius 2 is 2.06 bits per heavy atom. The van der Waals surface area contributed by atoms with Crippen LogP contribution in [0.1, 0.15) is 37.3 Å². The first-order valence-electron chi connectivity index (χ1n) is 10.4. The number of anilines is 2. The molecule has 32 heavy (non-hydrogen) atoms. The van der Waals surface area contributed by atoms with E-state index in [9.17, 15) is 18.4 Å². The van der Waals surface area contributed by atoms with Gasteiger partial charge in [0.2, 0.25) is 5.91 Å². The standard InChI is InChI=1S/C22H21F2N5O3/c1-32-21(31)22(6-7-22)20(30)27-17-11-26-29-12-14(10-25-19(17)29)28-8-2-3-18(28)15-9-13(23)4-5-16(15)24/h4-5,9-12,18H,2-3,6-8H2,1H3,(H,27,30)/t18-/m1/s1. The van der Waals surface area contributed by atoms with E-state index in [1.807, 2.05) is 4.90 Å². The number of hydrogen-bond acceptors (Lipinski definition) is 6. The predicted octanol–water partition coefficient (Wildman–Crippen LogP) is 3.24. The fourth-order valence-corrected chi connectivity index (χ4v) is 4.36. The Bertz CT molecular complexity index is 1220. The van der Waals surface area contributed by atoms with Gasteiger partial charge in [0.25, 0.3) is 0 Å². The van der Waals surface area contributed by atoms with Crippen LogP contribution in [0, 0.1) is 17.0 Å². The van der Waals surface area contributed by atoms with Gasteiger partial charge >= 0.3 is 5.97 Å². The highest BCUT2D eigenvalue weighted by Gasteiger charge is 2.58. The van der Waals surface area contributed by atoms with Gasteiger partial charge in [-0.15, -0.1) is 0 Å². The largest absolute Gasteiger partial charge is 0.468 e. The van der Waals surface area contributed by atoms with Gasteiger partial charge in [0.1, 0.15) is 22.7 Å². The van der Waals surface area contributed by atoms with E-state index in [0.717, 1.165) is 18.6 Å². The Balaban J connectivity index is 1.41. The minimum absolute atomic E-state index is 0.311. The summed E-state index contributed by atoms with van der Waals surface area (Å²) in [6, 6.07) is 3.18. The number of esters is 1. The highest BCUT2D eigenvalue weighted by atomic mass is 19.1. The summed E-state index contributed by atoms with van der Waals surface area (Å²) in [5, 5.41) is 6.99. The molecular formula is C22H21F2N5O3. The molecule has 2 aliphatic rings. The summed E-state index contributed by atoms with van der Waals surface area (Å²) in [5.74, 6) is -1.91. The number of ether oxygens (including phenoxy) is 1. The molecule has 0 radical (unpaired) electrons. The van der Waals surface area contributed by atoms with Gasteiger partial charge in [-0.05, 0) is 43.9 Å². The maximum Gasteiger partial charge on any atom is 0.321 e. The van der Waals surface area contributed by atoms with Crippen molar-refractivity contribution < 1.29 is 23.1 Å². The molecule has 1 aromatic carbocycles. The summed E-state index contributed by atoms with van der Waals surface area (Å²) in [6.45, 7) is 0.667. The van der Waals surface area contributed by atoms with Gasteiger partial charge in [0.05, 0.1) is 37.4 Å². The Morgan fingerprint density at radius 3 is 2.81 bits per heavy atom. The van der Waals surface area contributed by atoms with E-state index in [0.29, 0.717) is 48.4 Å². The molecule has 166 valence electrons. The number of aromatic nitrogens is 3. The molecule has 2 aromatic heterocycles. The van der Waals surface area contributed by atoms with Crippen LogP contribution < -0.4 is 10.2 Å². The molecule has 3 heterocycles. The van der Waals surface area contributed by atoms with Crippen LogP contribution in [0.2, 0.25) is 0 Å².